The summed E-state index contributed by atoms with van der Waals surface area (Å²) in [6.45, 7) is 5.51. The van der Waals surface area contributed by atoms with Gasteiger partial charge in [-0.05, 0) is 19.9 Å². The number of imidazole rings is 1. The van der Waals surface area contributed by atoms with Crippen LogP contribution in [-0.4, -0.2) is 22.8 Å². The molecule has 0 N–H and O–H groups in total. The van der Waals surface area contributed by atoms with Crippen LogP contribution in [0.25, 0.3) is 11.0 Å². The van der Waals surface area contributed by atoms with E-state index in [2.05, 4.69) is 4.98 Å². The van der Waals surface area contributed by atoms with Crippen LogP contribution in [0.3, 0.4) is 0 Å². The molecule has 104 valence electrons. The van der Waals surface area contributed by atoms with Gasteiger partial charge in [-0.15, -0.1) is 11.6 Å². The SMILES string of the molecule is CCOCCn1c(C(C)Cl)nc2cc(Cl)c(F)cc21. The van der Waals surface area contributed by atoms with E-state index in [1.807, 2.05) is 18.4 Å². The summed E-state index contributed by atoms with van der Waals surface area (Å²) in [6.07, 6.45) is 0. The van der Waals surface area contributed by atoms with Crippen LogP contribution >= 0.6 is 23.2 Å². The highest BCUT2D eigenvalue weighted by Crippen LogP contribution is 2.28. The molecule has 0 radical (unpaired) electrons. The Morgan fingerprint density at radius 1 is 1.47 bits per heavy atom. The summed E-state index contributed by atoms with van der Waals surface area (Å²) in [5.41, 5.74) is 1.33. The van der Waals surface area contributed by atoms with Crippen LogP contribution in [0, 0.1) is 5.82 Å². The molecule has 6 heteroatoms. The number of rotatable bonds is 5. The van der Waals surface area contributed by atoms with Gasteiger partial charge in [-0.2, -0.15) is 0 Å². The maximum Gasteiger partial charge on any atom is 0.144 e. The van der Waals surface area contributed by atoms with Gasteiger partial charge in [0.1, 0.15) is 11.6 Å². The molecule has 0 fully saturated rings. The minimum Gasteiger partial charge on any atom is -0.380 e. The van der Waals surface area contributed by atoms with Gasteiger partial charge in [0.05, 0.1) is 28.0 Å². The molecule has 1 aromatic heterocycles. The molecule has 0 bridgehead atoms. The third kappa shape index (κ3) is 3.02. The summed E-state index contributed by atoms with van der Waals surface area (Å²) in [7, 11) is 0. The van der Waals surface area contributed by atoms with Crippen LogP contribution in [0.1, 0.15) is 25.0 Å². The molecule has 1 atom stereocenters. The maximum atomic E-state index is 13.6. The Morgan fingerprint density at radius 2 is 2.21 bits per heavy atom. The smallest absolute Gasteiger partial charge is 0.144 e. The van der Waals surface area contributed by atoms with E-state index in [1.165, 1.54) is 12.1 Å². The Hall–Kier alpha value is -0.840. The average Bonchev–Trinajstić information content (AvgIpc) is 2.69. The van der Waals surface area contributed by atoms with E-state index in [1.54, 1.807) is 0 Å². The van der Waals surface area contributed by atoms with Crippen LogP contribution in [0.5, 0.6) is 0 Å². The first-order valence-corrected chi connectivity index (χ1v) is 6.93. The first-order chi connectivity index (χ1) is 9.04. The Balaban J connectivity index is 2.49. The maximum absolute atomic E-state index is 13.6. The fourth-order valence-corrected chi connectivity index (χ4v) is 2.30. The number of aromatic nitrogens is 2. The molecule has 0 aliphatic heterocycles. The predicted octanol–water partition coefficient (Wildman–Crippen LogP) is 4.17. The van der Waals surface area contributed by atoms with E-state index in [0.29, 0.717) is 36.6 Å². The zero-order chi connectivity index (χ0) is 14.0. The first-order valence-electron chi connectivity index (χ1n) is 6.11. The molecule has 0 amide bonds. The van der Waals surface area contributed by atoms with Gasteiger partial charge < -0.3 is 9.30 Å². The normalized spacial score (nSPS) is 13.1. The van der Waals surface area contributed by atoms with Gasteiger partial charge in [0.15, 0.2) is 0 Å². The quantitative estimate of drug-likeness (QED) is 0.612. The predicted molar refractivity (Wildman–Crippen MR) is 75.5 cm³/mol. The van der Waals surface area contributed by atoms with Gasteiger partial charge in [0.25, 0.3) is 0 Å². The Morgan fingerprint density at radius 3 is 2.84 bits per heavy atom. The van der Waals surface area contributed by atoms with E-state index in [9.17, 15) is 4.39 Å². The van der Waals surface area contributed by atoms with Crippen molar-refractivity contribution in [3.63, 3.8) is 0 Å². The van der Waals surface area contributed by atoms with Crippen LogP contribution in [0.4, 0.5) is 4.39 Å². The molecule has 1 unspecified atom stereocenters. The molecule has 0 saturated heterocycles. The second-order valence-corrected chi connectivity index (χ2v) is 5.25. The highest BCUT2D eigenvalue weighted by atomic mass is 35.5. The third-order valence-corrected chi connectivity index (χ3v) is 3.32. The van der Waals surface area contributed by atoms with Crippen molar-refractivity contribution < 1.29 is 9.13 Å². The lowest BCUT2D eigenvalue weighted by Gasteiger charge is -2.10. The molecule has 0 spiro atoms. The van der Waals surface area contributed by atoms with Gasteiger partial charge in [0, 0.05) is 19.2 Å². The molecule has 1 heterocycles. The van der Waals surface area contributed by atoms with Gasteiger partial charge in [-0.1, -0.05) is 11.6 Å². The summed E-state index contributed by atoms with van der Waals surface area (Å²) in [5.74, 6) is 0.235. The van der Waals surface area contributed by atoms with Crippen molar-refractivity contribution in [2.75, 3.05) is 13.2 Å². The number of nitrogens with zero attached hydrogens (tertiary/aromatic N) is 2. The molecule has 0 aliphatic rings. The van der Waals surface area contributed by atoms with E-state index >= 15 is 0 Å². The van der Waals surface area contributed by atoms with Crippen LogP contribution in [0.15, 0.2) is 12.1 Å². The number of benzene rings is 1. The highest BCUT2D eigenvalue weighted by Gasteiger charge is 2.16. The van der Waals surface area contributed by atoms with Crippen molar-refractivity contribution in [1.29, 1.82) is 0 Å². The standard InChI is InChI=1S/C13H15Cl2FN2O/c1-3-19-5-4-18-12-7-10(16)9(15)6-11(12)17-13(18)8(2)14/h6-8H,3-5H2,1-2H3. The van der Waals surface area contributed by atoms with Crippen molar-refractivity contribution in [2.24, 2.45) is 0 Å². The monoisotopic (exact) mass is 304 g/mol. The fourth-order valence-electron chi connectivity index (χ4n) is 1.98. The first kappa shape index (κ1) is 14.6. The van der Waals surface area contributed by atoms with E-state index in [0.717, 1.165) is 0 Å². The second-order valence-electron chi connectivity index (χ2n) is 4.19. The van der Waals surface area contributed by atoms with Crippen molar-refractivity contribution in [1.82, 2.24) is 9.55 Å². The lowest BCUT2D eigenvalue weighted by Crippen LogP contribution is -2.10. The van der Waals surface area contributed by atoms with E-state index < -0.39 is 5.82 Å². The highest BCUT2D eigenvalue weighted by molar-refractivity contribution is 6.31. The zero-order valence-corrected chi connectivity index (χ0v) is 12.3. The van der Waals surface area contributed by atoms with Crippen molar-refractivity contribution in [2.45, 2.75) is 25.8 Å². The molecule has 0 saturated carbocycles. The van der Waals surface area contributed by atoms with Crippen LogP contribution < -0.4 is 0 Å². The lowest BCUT2D eigenvalue weighted by atomic mass is 10.3. The second kappa shape index (κ2) is 6.07. The van der Waals surface area contributed by atoms with Crippen molar-refractivity contribution in [3.05, 3.63) is 28.8 Å². The van der Waals surface area contributed by atoms with Gasteiger partial charge in [-0.3, -0.25) is 0 Å². The molecule has 2 aromatic rings. The lowest BCUT2D eigenvalue weighted by molar-refractivity contribution is 0.139. The Labute approximate surface area is 121 Å². The molecule has 1 aromatic carbocycles. The summed E-state index contributed by atoms with van der Waals surface area (Å²) in [5, 5.41) is -0.202. The van der Waals surface area contributed by atoms with Gasteiger partial charge in [0.2, 0.25) is 0 Å². The number of halogens is 3. The van der Waals surface area contributed by atoms with Crippen LogP contribution in [-0.2, 0) is 11.3 Å². The summed E-state index contributed by atoms with van der Waals surface area (Å²) in [4.78, 5) is 4.42. The fraction of sp³-hybridized carbons (Fsp3) is 0.462. The van der Waals surface area contributed by atoms with Gasteiger partial charge >= 0.3 is 0 Å². The summed E-state index contributed by atoms with van der Waals surface area (Å²) in [6, 6.07) is 2.91. The number of ether oxygens (including phenoxy) is 1. The number of hydrogen-bond acceptors (Lipinski definition) is 2. The molecular weight excluding hydrogens is 290 g/mol. The van der Waals surface area contributed by atoms with Crippen molar-refractivity contribution >= 4 is 34.2 Å². The third-order valence-electron chi connectivity index (χ3n) is 2.84. The molecule has 0 aliphatic carbocycles. The average molecular weight is 305 g/mol. The zero-order valence-electron chi connectivity index (χ0n) is 10.8. The Bertz CT molecular complexity index is 584. The Kier molecular flexibility index (Phi) is 4.66. The summed E-state index contributed by atoms with van der Waals surface area (Å²) < 4.78 is 20.8. The minimum atomic E-state index is -0.458. The van der Waals surface area contributed by atoms with Crippen molar-refractivity contribution in [3.8, 4) is 0 Å². The molecule has 3 nitrogen and oxygen atoms in total. The van der Waals surface area contributed by atoms with E-state index in [4.69, 9.17) is 27.9 Å². The van der Waals surface area contributed by atoms with Crippen LogP contribution in [0.2, 0.25) is 5.02 Å². The topological polar surface area (TPSA) is 27.1 Å². The molecular formula is C13H15Cl2FN2O. The summed E-state index contributed by atoms with van der Waals surface area (Å²) >= 11 is 11.9. The van der Waals surface area contributed by atoms with E-state index in [-0.39, 0.29) is 10.4 Å². The molecule has 19 heavy (non-hydrogen) atoms. The number of fused-ring (bicyclic) bond motifs is 1. The molecule has 2 rings (SSSR count). The minimum absolute atomic E-state index is 0.0655. The van der Waals surface area contributed by atoms with Gasteiger partial charge in [-0.25, -0.2) is 9.37 Å². The number of hydrogen-bond donors (Lipinski definition) is 0. The number of alkyl halides is 1. The largest absolute Gasteiger partial charge is 0.380 e.